The van der Waals surface area contributed by atoms with Gasteiger partial charge in [-0.3, -0.25) is 14.5 Å². The molecule has 2 fully saturated rings. The van der Waals surface area contributed by atoms with Crippen LogP contribution in [0.25, 0.3) is 0 Å². The van der Waals surface area contributed by atoms with Crippen LogP contribution >= 0.6 is 34.8 Å². The second-order valence-corrected chi connectivity index (χ2v) is 8.14. The predicted octanol–water partition coefficient (Wildman–Crippen LogP) is 4.10. The molecule has 8 heteroatoms. The van der Waals surface area contributed by atoms with Crippen LogP contribution < -0.4 is 9.80 Å². The zero-order valence-corrected chi connectivity index (χ0v) is 17.2. The van der Waals surface area contributed by atoms with E-state index in [2.05, 4.69) is 9.80 Å². The minimum Gasteiger partial charge on any atom is -0.369 e. The first-order valence-electron chi connectivity index (χ1n) is 9.00. The molecule has 0 unspecified atom stereocenters. The number of piperazine rings is 1. The summed E-state index contributed by atoms with van der Waals surface area (Å²) in [6.07, 6.45) is 0.193. The van der Waals surface area contributed by atoms with Crippen molar-refractivity contribution in [1.29, 1.82) is 0 Å². The molecule has 0 aromatic heterocycles. The number of anilines is 2. The Morgan fingerprint density at radius 1 is 0.821 bits per heavy atom. The van der Waals surface area contributed by atoms with E-state index in [4.69, 9.17) is 34.8 Å². The lowest BCUT2D eigenvalue weighted by molar-refractivity contribution is -0.123. The van der Waals surface area contributed by atoms with Crippen LogP contribution in [0.3, 0.4) is 0 Å². The van der Waals surface area contributed by atoms with Gasteiger partial charge in [-0.1, -0.05) is 40.9 Å². The molecule has 5 nitrogen and oxygen atoms in total. The first kappa shape index (κ1) is 19.5. The summed E-state index contributed by atoms with van der Waals surface area (Å²) in [7, 11) is 0. The molecule has 0 spiro atoms. The summed E-state index contributed by atoms with van der Waals surface area (Å²) in [5.41, 5.74) is 1.53. The number of amides is 2. The maximum Gasteiger partial charge on any atom is 0.251 e. The lowest BCUT2D eigenvalue weighted by atomic mass is 10.1. The molecule has 0 saturated carbocycles. The van der Waals surface area contributed by atoms with E-state index >= 15 is 0 Å². The van der Waals surface area contributed by atoms with E-state index in [0.717, 1.165) is 18.8 Å². The number of carbonyl (C=O) groups is 2. The van der Waals surface area contributed by atoms with Gasteiger partial charge in [-0.05, 0) is 36.4 Å². The number of nitrogens with zero attached hydrogens (tertiary/aromatic N) is 3. The standard InChI is InChI=1S/C20H18Cl3N3O2/c21-13-2-1-3-15(10-13)26-19(27)12-18(20(26)28)25-8-6-24(7-9-25)14-4-5-16(22)17(23)11-14/h1-5,10-11,18H,6-9,12H2/t18-/m1/s1. The van der Waals surface area contributed by atoms with Crippen molar-refractivity contribution < 1.29 is 9.59 Å². The number of carbonyl (C=O) groups excluding carboxylic acids is 2. The average Bonchev–Trinajstić information content (AvgIpc) is 2.98. The summed E-state index contributed by atoms with van der Waals surface area (Å²) in [5, 5.41) is 1.55. The summed E-state index contributed by atoms with van der Waals surface area (Å²) in [5.74, 6) is -0.376. The molecule has 0 bridgehead atoms. The van der Waals surface area contributed by atoms with Gasteiger partial charge in [-0.15, -0.1) is 0 Å². The molecule has 1 atom stereocenters. The van der Waals surface area contributed by atoms with Gasteiger partial charge < -0.3 is 4.90 Å². The van der Waals surface area contributed by atoms with Crippen LogP contribution in [-0.4, -0.2) is 48.9 Å². The van der Waals surface area contributed by atoms with Crippen molar-refractivity contribution in [2.24, 2.45) is 0 Å². The van der Waals surface area contributed by atoms with Crippen LogP contribution in [0, 0.1) is 0 Å². The highest BCUT2D eigenvalue weighted by molar-refractivity contribution is 6.42. The number of halogens is 3. The van der Waals surface area contributed by atoms with Gasteiger partial charge in [0.2, 0.25) is 5.91 Å². The SMILES string of the molecule is O=C1C[C@@H](N2CCN(c3ccc(Cl)c(Cl)c3)CC2)C(=O)N1c1cccc(Cl)c1. The fraction of sp³-hybridized carbons (Fsp3) is 0.300. The topological polar surface area (TPSA) is 43.9 Å². The predicted molar refractivity (Wildman–Crippen MR) is 113 cm³/mol. The van der Waals surface area contributed by atoms with Crippen LogP contribution in [-0.2, 0) is 9.59 Å². The molecular weight excluding hydrogens is 421 g/mol. The highest BCUT2D eigenvalue weighted by Gasteiger charge is 2.43. The maximum atomic E-state index is 12.9. The van der Waals surface area contributed by atoms with Crippen molar-refractivity contribution in [2.75, 3.05) is 36.0 Å². The normalized spacial score (nSPS) is 20.9. The summed E-state index contributed by atoms with van der Waals surface area (Å²) in [6.45, 7) is 2.86. The summed E-state index contributed by atoms with van der Waals surface area (Å²) < 4.78 is 0. The molecule has 2 aromatic rings. The fourth-order valence-electron chi connectivity index (χ4n) is 3.76. The minimum absolute atomic E-state index is 0.185. The molecule has 4 rings (SSSR count). The van der Waals surface area contributed by atoms with Crippen molar-refractivity contribution in [3.63, 3.8) is 0 Å². The first-order chi connectivity index (χ1) is 13.4. The molecule has 2 aliphatic heterocycles. The fourth-order valence-corrected chi connectivity index (χ4v) is 4.24. The second kappa shape index (κ2) is 7.91. The summed E-state index contributed by atoms with van der Waals surface area (Å²) in [4.78, 5) is 31.0. The second-order valence-electron chi connectivity index (χ2n) is 6.89. The molecule has 0 N–H and O–H groups in total. The third-order valence-electron chi connectivity index (χ3n) is 5.21. The van der Waals surface area contributed by atoms with E-state index in [-0.39, 0.29) is 18.2 Å². The number of hydrogen-bond acceptors (Lipinski definition) is 4. The molecule has 2 aromatic carbocycles. The van der Waals surface area contributed by atoms with Crippen molar-refractivity contribution in [2.45, 2.75) is 12.5 Å². The van der Waals surface area contributed by atoms with Gasteiger partial charge >= 0.3 is 0 Å². The van der Waals surface area contributed by atoms with Crippen molar-refractivity contribution in [3.05, 3.63) is 57.5 Å². The van der Waals surface area contributed by atoms with Crippen LogP contribution in [0.4, 0.5) is 11.4 Å². The van der Waals surface area contributed by atoms with Gasteiger partial charge in [0.1, 0.15) is 0 Å². The number of rotatable bonds is 3. The number of imide groups is 1. The first-order valence-corrected chi connectivity index (χ1v) is 10.1. The van der Waals surface area contributed by atoms with E-state index in [1.807, 2.05) is 12.1 Å². The van der Waals surface area contributed by atoms with E-state index in [9.17, 15) is 9.59 Å². The molecule has 28 heavy (non-hydrogen) atoms. The smallest absolute Gasteiger partial charge is 0.251 e. The van der Waals surface area contributed by atoms with Crippen molar-refractivity contribution in [1.82, 2.24) is 4.90 Å². The van der Waals surface area contributed by atoms with Crippen LogP contribution in [0.2, 0.25) is 15.1 Å². The van der Waals surface area contributed by atoms with Crippen molar-refractivity contribution >= 4 is 58.0 Å². The largest absolute Gasteiger partial charge is 0.369 e. The molecular formula is C20H18Cl3N3O2. The Kier molecular flexibility index (Phi) is 5.52. The number of hydrogen-bond donors (Lipinski definition) is 0. The zero-order chi connectivity index (χ0) is 19.8. The quantitative estimate of drug-likeness (QED) is 0.677. The molecule has 0 aliphatic carbocycles. The lowest BCUT2D eigenvalue weighted by Crippen LogP contribution is -2.52. The van der Waals surface area contributed by atoms with Gasteiger partial charge in [-0.2, -0.15) is 0 Å². The van der Waals surface area contributed by atoms with Gasteiger partial charge in [0.15, 0.2) is 0 Å². The molecule has 146 valence electrons. The third-order valence-corrected chi connectivity index (χ3v) is 6.19. The monoisotopic (exact) mass is 437 g/mol. The summed E-state index contributed by atoms with van der Waals surface area (Å²) in [6, 6.07) is 12.0. The third kappa shape index (κ3) is 3.72. The minimum atomic E-state index is -0.428. The maximum absolute atomic E-state index is 12.9. The van der Waals surface area contributed by atoms with E-state index in [0.29, 0.717) is 33.8 Å². The Balaban J connectivity index is 1.44. The van der Waals surface area contributed by atoms with Gasteiger partial charge in [0.05, 0.1) is 28.2 Å². The Labute approximate surface area is 178 Å². The van der Waals surface area contributed by atoms with Crippen LogP contribution in [0.15, 0.2) is 42.5 Å². The Hall–Kier alpha value is -1.79. The van der Waals surface area contributed by atoms with E-state index in [1.165, 1.54) is 4.90 Å². The highest BCUT2D eigenvalue weighted by atomic mass is 35.5. The number of benzene rings is 2. The molecule has 2 amide bonds. The van der Waals surface area contributed by atoms with Crippen molar-refractivity contribution in [3.8, 4) is 0 Å². The Morgan fingerprint density at radius 3 is 2.25 bits per heavy atom. The molecule has 0 radical (unpaired) electrons. The Bertz CT molecular complexity index is 929. The van der Waals surface area contributed by atoms with E-state index < -0.39 is 6.04 Å². The molecule has 2 saturated heterocycles. The average molecular weight is 439 g/mol. The summed E-state index contributed by atoms with van der Waals surface area (Å²) >= 11 is 18.1. The highest BCUT2D eigenvalue weighted by Crippen LogP contribution is 2.30. The van der Waals surface area contributed by atoms with E-state index in [1.54, 1.807) is 30.3 Å². The molecule has 2 heterocycles. The molecule has 2 aliphatic rings. The van der Waals surface area contributed by atoms with Gasteiger partial charge in [0, 0.05) is 36.9 Å². The lowest BCUT2D eigenvalue weighted by Gasteiger charge is -2.38. The van der Waals surface area contributed by atoms with Crippen LogP contribution in [0.1, 0.15) is 6.42 Å². The van der Waals surface area contributed by atoms with Gasteiger partial charge in [0.25, 0.3) is 5.91 Å². The Morgan fingerprint density at radius 2 is 1.57 bits per heavy atom. The van der Waals surface area contributed by atoms with Gasteiger partial charge in [-0.25, -0.2) is 4.90 Å². The zero-order valence-electron chi connectivity index (χ0n) is 14.9. The van der Waals surface area contributed by atoms with Crippen LogP contribution in [0.5, 0.6) is 0 Å².